The van der Waals surface area contributed by atoms with Gasteiger partial charge in [-0.05, 0) is 46.0 Å². The molecule has 0 bridgehead atoms. The van der Waals surface area contributed by atoms with E-state index in [2.05, 4.69) is 26.6 Å². The molecule has 2 atom stereocenters. The first kappa shape index (κ1) is 28.0. The summed E-state index contributed by atoms with van der Waals surface area (Å²) in [5.74, 6) is 0.867. The zero-order valence-corrected chi connectivity index (χ0v) is 19.2. The largest absolute Gasteiger partial charge is 0.467 e. The maximum Gasteiger partial charge on any atom is 0.408 e. The van der Waals surface area contributed by atoms with Crippen LogP contribution in [0.5, 0.6) is 0 Å². The molecule has 0 aliphatic heterocycles. The lowest BCUT2D eigenvalue weighted by atomic mass is 10.0. The number of hydrogen-bond acceptors (Lipinski definition) is 7. The van der Waals surface area contributed by atoms with E-state index in [1.165, 1.54) is 7.11 Å². The van der Waals surface area contributed by atoms with Crippen molar-refractivity contribution < 1.29 is 33.4 Å². The van der Waals surface area contributed by atoms with E-state index in [0.29, 0.717) is 19.4 Å². The van der Waals surface area contributed by atoms with Gasteiger partial charge >= 0.3 is 18.2 Å². The highest BCUT2D eigenvalue weighted by Crippen LogP contribution is 2.10. The molecule has 0 fully saturated rings. The van der Waals surface area contributed by atoms with Crippen molar-refractivity contribution in [3.05, 3.63) is 0 Å². The lowest BCUT2D eigenvalue weighted by molar-refractivity contribution is -0.146. The third kappa shape index (κ3) is 13.1. The molecule has 0 aromatic rings. The summed E-state index contributed by atoms with van der Waals surface area (Å²) >= 11 is 0. The molecule has 0 saturated heterocycles. The molecule has 10 heteroatoms. The number of esters is 1. The summed E-state index contributed by atoms with van der Waals surface area (Å²) in [4.78, 5) is 48.2. The minimum atomic E-state index is -0.936. The fraction of sp³-hybridized carbons (Fsp3) is 0.714. The van der Waals surface area contributed by atoms with E-state index in [9.17, 15) is 19.2 Å². The Labute approximate surface area is 184 Å². The van der Waals surface area contributed by atoms with Crippen LogP contribution in [0.25, 0.3) is 0 Å². The average molecular weight is 442 g/mol. The Kier molecular flexibility index (Phi) is 12.8. The van der Waals surface area contributed by atoms with Crippen molar-refractivity contribution >= 4 is 24.1 Å². The average Bonchev–Trinajstić information content (AvgIpc) is 2.66. The van der Waals surface area contributed by atoms with Gasteiger partial charge in [-0.15, -0.1) is 6.42 Å². The standard InChI is InChI=1S/C21H35N3O7/c1-8-13-30-19(27)22-12-10-9-11-15(23-20(28)31-21(4,5)6)17(25)24-16(14(2)3)18(26)29-7/h1,14-16H,9-13H2,2-7H3,(H,22,27)(H,23,28)(H,24,25)/t15-,16-/m0/s1. The van der Waals surface area contributed by atoms with E-state index in [1.54, 1.807) is 34.6 Å². The number of unbranched alkanes of at least 4 members (excludes halogenated alkanes) is 1. The van der Waals surface area contributed by atoms with Gasteiger partial charge in [-0.2, -0.15) is 0 Å². The monoisotopic (exact) mass is 441 g/mol. The van der Waals surface area contributed by atoms with Crippen LogP contribution in [0.4, 0.5) is 9.59 Å². The molecule has 0 unspecified atom stereocenters. The first-order valence-corrected chi connectivity index (χ1v) is 10.1. The van der Waals surface area contributed by atoms with E-state index in [1.807, 2.05) is 0 Å². The fourth-order valence-corrected chi connectivity index (χ4v) is 2.42. The van der Waals surface area contributed by atoms with Crippen molar-refractivity contribution in [2.24, 2.45) is 5.92 Å². The van der Waals surface area contributed by atoms with Gasteiger partial charge in [0.05, 0.1) is 7.11 Å². The molecule has 0 saturated carbocycles. The van der Waals surface area contributed by atoms with Gasteiger partial charge in [0, 0.05) is 6.54 Å². The molecule has 3 amide bonds. The molecule has 0 spiro atoms. The van der Waals surface area contributed by atoms with Crippen molar-refractivity contribution in [3.8, 4) is 12.3 Å². The van der Waals surface area contributed by atoms with Crippen molar-refractivity contribution in [2.75, 3.05) is 20.3 Å². The number of alkyl carbamates (subject to hydrolysis) is 2. The van der Waals surface area contributed by atoms with Gasteiger partial charge in [-0.25, -0.2) is 14.4 Å². The second-order valence-corrected chi connectivity index (χ2v) is 8.16. The summed E-state index contributed by atoms with van der Waals surface area (Å²) in [6.07, 6.45) is 4.91. The second kappa shape index (κ2) is 14.1. The van der Waals surface area contributed by atoms with E-state index >= 15 is 0 Å². The molecule has 0 rings (SSSR count). The third-order valence-corrected chi connectivity index (χ3v) is 3.90. The highest BCUT2D eigenvalue weighted by atomic mass is 16.6. The van der Waals surface area contributed by atoms with Crippen molar-refractivity contribution in [3.63, 3.8) is 0 Å². The number of carbonyl (C=O) groups excluding carboxylic acids is 4. The van der Waals surface area contributed by atoms with Gasteiger partial charge < -0.3 is 30.2 Å². The molecular formula is C21H35N3O7. The normalized spacial score (nSPS) is 12.7. The van der Waals surface area contributed by atoms with Crippen LogP contribution < -0.4 is 16.0 Å². The van der Waals surface area contributed by atoms with Crippen LogP contribution in [0.15, 0.2) is 0 Å². The summed E-state index contributed by atoms with van der Waals surface area (Å²) in [5.41, 5.74) is -0.736. The lowest BCUT2D eigenvalue weighted by Crippen LogP contribution is -2.53. The topological polar surface area (TPSA) is 132 Å². The molecule has 0 heterocycles. The molecule has 31 heavy (non-hydrogen) atoms. The Balaban J connectivity index is 4.94. The maximum absolute atomic E-state index is 12.8. The summed E-state index contributed by atoms with van der Waals surface area (Å²) in [5, 5.41) is 7.70. The maximum atomic E-state index is 12.8. The van der Waals surface area contributed by atoms with Crippen molar-refractivity contribution in [2.45, 2.75) is 71.6 Å². The summed E-state index contributed by atoms with van der Waals surface area (Å²) in [6, 6.07) is -1.79. The molecule has 0 aromatic carbocycles. The highest BCUT2D eigenvalue weighted by molar-refractivity contribution is 5.89. The summed E-state index contributed by atoms with van der Waals surface area (Å²) < 4.78 is 14.6. The SMILES string of the molecule is C#CCOC(=O)NCCCC[C@H](NC(=O)OC(C)(C)C)C(=O)N[C@H](C(=O)OC)C(C)C. The van der Waals surface area contributed by atoms with Crippen molar-refractivity contribution in [1.29, 1.82) is 0 Å². The molecular weight excluding hydrogens is 406 g/mol. The molecule has 3 N–H and O–H groups in total. The molecule has 176 valence electrons. The number of rotatable bonds is 11. The minimum Gasteiger partial charge on any atom is -0.467 e. The lowest BCUT2D eigenvalue weighted by Gasteiger charge is -2.26. The molecule has 0 aromatic heterocycles. The zero-order chi connectivity index (χ0) is 24.0. The van der Waals surface area contributed by atoms with E-state index in [4.69, 9.17) is 15.9 Å². The number of nitrogens with one attached hydrogen (secondary N) is 3. The van der Waals surface area contributed by atoms with E-state index in [-0.39, 0.29) is 18.9 Å². The molecule has 0 radical (unpaired) electrons. The first-order chi connectivity index (χ1) is 14.4. The van der Waals surface area contributed by atoms with Gasteiger partial charge in [0.1, 0.15) is 17.7 Å². The van der Waals surface area contributed by atoms with Gasteiger partial charge in [-0.3, -0.25) is 4.79 Å². The predicted molar refractivity (Wildman–Crippen MR) is 114 cm³/mol. The number of ether oxygens (including phenoxy) is 3. The van der Waals surface area contributed by atoms with Crippen LogP contribution in [0.2, 0.25) is 0 Å². The smallest absolute Gasteiger partial charge is 0.408 e. The zero-order valence-electron chi connectivity index (χ0n) is 19.2. The van der Waals surface area contributed by atoms with E-state index < -0.39 is 41.7 Å². The van der Waals surface area contributed by atoms with Gasteiger partial charge in [-0.1, -0.05) is 19.8 Å². The van der Waals surface area contributed by atoms with Crippen LogP contribution in [0.1, 0.15) is 53.9 Å². The van der Waals surface area contributed by atoms with Crippen LogP contribution in [-0.4, -0.2) is 62.0 Å². The van der Waals surface area contributed by atoms with Gasteiger partial charge in [0.25, 0.3) is 0 Å². The van der Waals surface area contributed by atoms with Crippen molar-refractivity contribution in [1.82, 2.24) is 16.0 Å². The Morgan fingerprint density at radius 2 is 1.68 bits per heavy atom. The van der Waals surface area contributed by atoms with E-state index in [0.717, 1.165) is 0 Å². The van der Waals surface area contributed by atoms with Gasteiger partial charge in [0.15, 0.2) is 6.61 Å². The second-order valence-electron chi connectivity index (χ2n) is 8.16. The predicted octanol–water partition coefficient (Wildman–Crippen LogP) is 1.72. The fourth-order valence-electron chi connectivity index (χ4n) is 2.42. The molecule has 0 aliphatic carbocycles. The Bertz CT molecular complexity index is 650. The number of amides is 3. The van der Waals surface area contributed by atoms with Crippen LogP contribution in [-0.2, 0) is 23.8 Å². The van der Waals surface area contributed by atoms with Crippen LogP contribution in [0, 0.1) is 18.3 Å². The van der Waals surface area contributed by atoms with Crippen LogP contribution in [0.3, 0.4) is 0 Å². The number of hydrogen-bond donors (Lipinski definition) is 3. The Morgan fingerprint density at radius 1 is 1.03 bits per heavy atom. The van der Waals surface area contributed by atoms with Gasteiger partial charge in [0.2, 0.25) is 5.91 Å². The van der Waals surface area contributed by atoms with Crippen LogP contribution >= 0.6 is 0 Å². The molecule has 0 aliphatic rings. The number of methoxy groups -OCH3 is 1. The summed E-state index contributed by atoms with van der Waals surface area (Å²) in [7, 11) is 1.24. The Hall–Kier alpha value is -2.96. The number of carbonyl (C=O) groups is 4. The minimum absolute atomic E-state index is 0.120. The summed E-state index contributed by atoms with van der Waals surface area (Å²) in [6.45, 7) is 8.84. The molecule has 10 nitrogen and oxygen atoms in total. The Morgan fingerprint density at radius 3 is 2.19 bits per heavy atom. The highest BCUT2D eigenvalue weighted by Gasteiger charge is 2.30. The number of terminal acetylenes is 1. The first-order valence-electron chi connectivity index (χ1n) is 10.1. The quantitative estimate of drug-likeness (QED) is 0.192. The third-order valence-electron chi connectivity index (χ3n) is 3.90.